The van der Waals surface area contributed by atoms with Gasteiger partial charge < -0.3 is 4.74 Å². The summed E-state index contributed by atoms with van der Waals surface area (Å²) in [6.45, 7) is 5.57. The zero-order valence-electron chi connectivity index (χ0n) is 18.2. The Bertz CT molecular complexity index is 783. The molecule has 0 amide bonds. The van der Waals surface area contributed by atoms with Gasteiger partial charge in [-0.25, -0.2) is 0 Å². The first kappa shape index (κ1) is 21.3. The topological polar surface area (TPSA) is 29.5 Å². The third kappa shape index (κ3) is 5.59. The van der Waals surface area contributed by atoms with Crippen LogP contribution in [0.2, 0.25) is 0 Å². The van der Waals surface area contributed by atoms with Gasteiger partial charge in [0.2, 0.25) is 0 Å². The van der Waals surface area contributed by atoms with Crippen molar-refractivity contribution >= 4 is 5.78 Å². The summed E-state index contributed by atoms with van der Waals surface area (Å²) in [6.07, 6.45) is 5.55. The van der Waals surface area contributed by atoms with Crippen LogP contribution in [0.25, 0.3) is 0 Å². The predicted molar refractivity (Wildman–Crippen MR) is 121 cm³/mol. The van der Waals surface area contributed by atoms with E-state index in [0.717, 1.165) is 32.5 Å². The molecule has 0 aromatic heterocycles. The maximum Gasteiger partial charge on any atom is 0.139 e. The van der Waals surface area contributed by atoms with Gasteiger partial charge in [0.1, 0.15) is 5.78 Å². The van der Waals surface area contributed by atoms with E-state index in [1.807, 2.05) is 0 Å². The van der Waals surface area contributed by atoms with Crippen molar-refractivity contribution in [1.82, 2.24) is 4.90 Å². The fraction of sp³-hybridized carbons (Fsp3) is 0.519. The predicted octanol–water partition coefficient (Wildman–Crippen LogP) is 5.46. The monoisotopic (exact) mass is 405 g/mol. The van der Waals surface area contributed by atoms with E-state index in [9.17, 15) is 4.79 Å². The van der Waals surface area contributed by atoms with Gasteiger partial charge in [0.15, 0.2) is 0 Å². The molecular formula is C27H35NO2. The van der Waals surface area contributed by atoms with Gasteiger partial charge in [-0.05, 0) is 48.6 Å². The molecule has 2 aromatic rings. The number of benzene rings is 2. The summed E-state index contributed by atoms with van der Waals surface area (Å²) >= 11 is 0. The zero-order chi connectivity index (χ0) is 20.8. The van der Waals surface area contributed by atoms with Crippen LogP contribution in [-0.2, 0) is 16.1 Å². The third-order valence-electron chi connectivity index (χ3n) is 7.03. The Balaban J connectivity index is 1.25. The molecule has 2 atom stereocenters. The van der Waals surface area contributed by atoms with Crippen molar-refractivity contribution in [1.29, 1.82) is 0 Å². The number of hydrogen-bond donors (Lipinski definition) is 0. The molecule has 1 saturated carbocycles. The van der Waals surface area contributed by atoms with Crippen LogP contribution in [0, 0.1) is 11.8 Å². The average Bonchev–Trinajstić information content (AvgIpc) is 2.92. The molecule has 3 nitrogen and oxygen atoms in total. The van der Waals surface area contributed by atoms with Crippen LogP contribution < -0.4 is 0 Å². The van der Waals surface area contributed by atoms with Gasteiger partial charge in [-0.2, -0.15) is 0 Å². The maximum atomic E-state index is 12.8. The van der Waals surface area contributed by atoms with Gasteiger partial charge in [-0.3, -0.25) is 9.69 Å². The molecule has 2 aliphatic rings. The number of nitrogens with zero attached hydrogens (tertiary/aromatic N) is 1. The quantitative estimate of drug-likeness (QED) is 0.639. The molecule has 1 saturated heterocycles. The Hall–Kier alpha value is -1.97. The molecule has 2 fully saturated rings. The Morgan fingerprint density at radius 1 is 0.933 bits per heavy atom. The molecular weight excluding hydrogens is 370 g/mol. The summed E-state index contributed by atoms with van der Waals surface area (Å²) in [5.41, 5.74) is 2.78. The molecule has 1 unspecified atom stereocenters. The van der Waals surface area contributed by atoms with Crippen LogP contribution in [0.1, 0.15) is 56.1 Å². The van der Waals surface area contributed by atoms with Crippen molar-refractivity contribution in [3.05, 3.63) is 71.8 Å². The lowest BCUT2D eigenvalue weighted by molar-refractivity contribution is -0.127. The number of likely N-dealkylation sites (tertiary alicyclic amines) is 1. The number of carbonyl (C=O) groups is 1. The van der Waals surface area contributed by atoms with E-state index < -0.39 is 0 Å². The highest BCUT2D eigenvalue weighted by molar-refractivity contribution is 5.81. The molecule has 2 aromatic carbocycles. The second kappa shape index (κ2) is 10.4. The minimum absolute atomic E-state index is 0.0395. The highest BCUT2D eigenvalue weighted by Crippen LogP contribution is 2.34. The Morgan fingerprint density at radius 2 is 1.60 bits per heavy atom. The summed E-state index contributed by atoms with van der Waals surface area (Å²) in [4.78, 5) is 15.3. The molecule has 160 valence electrons. The number of Topliss-reactive ketones (excluding diaryl/α,β-unsaturated/α-hetero) is 1. The van der Waals surface area contributed by atoms with Gasteiger partial charge in [-0.1, -0.05) is 67.6 Å². The largest absolute Gasteiger partial charge is 0.377 e. The highest BCUT2D eigenvalue weighted by atomic mass is 16.5. The van der Waals surface area contributed by atoms with Crippen molar-refractivity contribution in [3.8, 4) is 0 Å². The molecule has 1 aliphatic heterocycles. The van der Waals surface area contributed by atoms with Gasteiger partial charge >= 0.3 is 0 Å². The molecule has 4 rings (SSSR count). The first-order chi connectivity index (χ1) is 14.7. The molecule has 3 heteroatoms. The first-order valence-electron chi connectivity index (χ1n) is 11.6. The molecule has 0 spiro atoms. The summed E-state index contributed by atoms with van der Waals surface area (Å²) < 4.78 is 6.32. The van der Waals surface area contributed by atoms with Crippen LogP contribution >= 0.6 is 0 Å². The van der Waals surface area contributed by atoms with Crippen LogP contribution in [-0.4, -0.2) is 36.5 Å². The molecule has 1 aliphatic carbocycles. The Morgan fingerprint density at radius 3 is 2.30 bits per heavy atom. The average molecular weight is 406 g/mol. The summed E-state index contributed by atoms with van der Waals surface area (Å²) in [5.74, 6) is 1.43. The van der Waals surface area contributed by atoms with Crippen molar-refractivity contribution in [2.45, 2.75) is 57.6 Å². The van der Waals surface area contributed by atoms with E-state index in [2.05, 4.69) is 72.5 Å². The van der Waals surface area contributed by atoms with Crippen LogP contribution in [0.15, 0.2) is 60.7 Å². The number of ketones is 1. The van der Waals surface area contributed by atoms with E-state index in [0.29, 0.717) is 36.8 Å². The number of rotatable bonds is 6. The zero-order valence-corrected chi connectivity index (χ0v) is 18.2. The van der Waals surface area contributed by atoms with Crippen molar-refractivity contribution < 1.29 is 9.53 Å². The minimum Gasteiger partial charge on any atom is -0.377 e. The lowest BCUT2D eigenvalue weighted by Crippen LogP contribution is -2.32. The van der Waals surface area contributed by atoms with E-state index in [4.69, 9.17) is 4.74 Å². The van der Waals surface area contributed by atoms with Gasteiger partial charge in [0, 0.05) is 32.0 Å². The van der Waals surface area contributed by atoms with E-state index in [1.54, 1.807) is 0 Å². The summed E-state index contributed by atoms with van der Waals surface area (Å²) in [7, 11) is 0. The van der Waals surface area contributed by atoms with Crippen LogP contribution in [0.4, 0.5) is 0 Å². The third-order valence-corrected chi connectivity index (χ3v) is 7.03. The van der Waals surface area contributed by atoms with Crippen molar-refractivity contribution in [2.24, 2.45) is 11.8 Å². The van der Waals surface area contributed by atoms with Gasteiger partial charge in [0.05, 0.1) is 12.7 Å². The normalized spacial score (nSPS) is 28.2. The minimum atomic E-state index is 0.0395. The smallest absolute Gasteiger partial charge is 0.139 e. The standard InChI is InChI=1S/C27H35NO2/c1-21-18-28(19-22-8-4-2-5-9-22)17-16-27(29)26(21)20-30-25-14-12-24(13-15-25)23-10-6-3-7-11-23/h2-11,21,24-26H,12-20H2,1H3/t21-,24?,25?,26?/m0/s1. The molecule has 0 bridgehead atoms. The lowest BCUT2D eigenvalue weighted by Gasteiger charge is -2.31. The van der Waals surface area contributed by atoms with E-state index >= 15 is 0 Å². The number of ether oxygens (including phenoxy) is 1. The molecule has 30 heavy (non-hydrogen) atoms. The van der Waals surface area contributed by atoms with Gasteiger partial charge in [-0.15, -0.1) is 0 Å². The fourth-order valence-corrected chi connectivity index (χ4v) is 5.17. The lowest BCUT2D eigenvalue weighted by atomic mass is 9.82. The number of hydrogen-bond acceptors (Lipinski definition) is 3. The maximum absolute atomic E-state index is 12.8. The molecule has 0 radical (unpaired) electrons. The second-order valence-corrected chi connectivity index (χ2v) is 9.24. The second-order valence-electron chi connectivity index (χ2n) is 9.24. The van der Waals surface area contributed by atoms with Crippen molar-refractivity contribution in [2.75, 3.05) is 19.7 Å². The fourth-order valence-electron chi connectivity index (χ4n) is 5.17. The van der Waals surface area contributed by atoms with E-state index in [1.165, 1.54) is 24.0 Å². The summed E-state index contributed by atoms with van der Waals surface area (Å²) in [5, 5.41) is 0. The summed E-state index contributed by atoms with van der Waals surface area (Å²) in [6, 6.07) is 21.4. The SMILES string of the molecule is C[C@H]1CN(Cc2ccccc2)CCC(=O)C1COC1CCC(c2ccccc2)CC1. The molecule has 0 N–H and O–H groups in total. The van der Waals surface area contributed by atoms with Crippen molar-refractivity contribution in [3.63, 3.8) is 0 Å². The van der Waals surface area contributed by atoms with Crippen LogP contribution in [0.5, 0.6) is 0 Å². The Kier molecular flexibility index (Phi) is 7.35. The van der Waals surface area contributed by atoms with Crippen LogP contribution in [0.3, 0.4) is 0 Å². The highest BCUT2D eigenvalue weighted by Gasteiger charge is 2.32. The first-order valence-corrected chi connectivity index (χ1v) is 11.6. The van der Waals surface area contributed by atoms with Gasteiger partial charge in [0.25, 0.3) is 0 Å². The van der Waals surface area contributed by atoms with E-state index in [-0.39, 0.29) is 5.92 Å². The number of carbonyl (C=O) groups excluding carboxylic acids is 1. The molecule has 1 heterocycles. The Labute approximate surface area is 181 Å².